The van der Waals surface area contributed by atoms with Crippen LogP contribution in [-0.4, -0.2) is 24.6 Å². The molecule has 1 aromatic heterocycles. The lowest BCUT2D eigenvalue weighted by molar-refractivity contribution is 0.104. The third-order valence-corrected chi connectivity index (χ3v) is 3.78. The number of benzene rings is 1. The van der Waals surface area contributed by atoms with Crippen molar-refractivity contribution in [1.29, 1.82) is 5.26 Å². The minimum atomic E-state index is -0.192. The van der Waals surface area contributed by atoms with Crippen molar-refractivity contribution >= 4 is 11.9 Å². The van der Waals surface area contributed by atoms with Crippen LogP contribution in [0.25, 0.3) is 6.08 Å². The van der Waals surface area contributed by atoms with E-state index in [0.29, 0.717) is 22.8 Å². The summed E-state index contributed by atoms with van der Waals surface area (Å²) in [5, 5.41) is 9.05. The van der Waals surface area contributed by atoms with E-state index in [1.54, 1.807) is 42.0 Å². The molecular formula is C18H18N2O3. The molecule has 0 spiro atoms. The number of aromatic nitrogens is 1. The monoisotopic (exact) mass is 310 g/mol. The third-order valence-electron chi connectivity index (χ3n) is 3.78. The first kappa shape index (κ1) is 16.4. The number of carbonyl (C=O) groups is 1. The lowest BCUT2D eigenvalue weighted by Gasteiger charge is -2.07. The summed E-state index contributed by atoms with van der Waals surface area (Å²) >= 11 is 0. The topological polar surface area (TPSA) is 64.2 Å². The number of nitrogens with zero attached hydrogens (tertiary/aromatic N) is 2. The van der Waals surface area contributed by atoms with E-state index in [2.05, 4.69) is 6.07 Å². The molecule has 23 heavy (non-hydrogen) atoms. The fourth-order valence-corrected chi connectivity index (χ4v) is 2.26. The largest absolute Gasteiger partial charge is 0.497 e. The Bertz CT molecular complexity index is 810. The number of methoxy groups -OCH3 is 2. The Balaban J connectivity index is 2.34. The molecule has 0 unspecified atom stereocenters. The van der Waals surface area contributed by atoms with Gasteiger partial charge < -0.3 is 14.0 Å². The Morgan fingerprint density at radius 1 is 1.26 bits per heavy atom. The van der Waals surface area contributed by atoms with Gasteiger partial charge >= 0.3 is 0 Å². The fourth-order valence-electron chi connectivity index (χ4n) is 2.26. The molecule has 0 amide bonds. The highest BCUT2D eigenvalue weighted by atomic mass is 16.5. The van der Waals surface area contributed by atoms with Crippen molar-refractivity contribution in [2.45, 2.75) is 6.92 Å². The van der Waals surface area contributed by atoms with Crippen molar-refractivity contribution in [3.05, 3.63) is 52.9 Å². The second-order valence-electron chi connectivity index (χ2n) is 5.00. The molecule has 0 radical (unpaired) electrons. The number of hydrogen-bond donors (Lipinski definition) is 0. The van der Waals surface area contributed by atoms with E-state index in [1.807, 2.05) is 14.0 Å². The van der Waals surface area contributed by atoms with Crippen molar-refractivity contribution in [1.82, 2.24) is 4.57 Å². The van der Waals surface area contributed by atoms with E-state index >= 15 is 0 Å². The van der Waals surface area contributed by atoms with Crippen LogP contribution in [0.5, 0.6) is 11.5 Å². The van der Waals surface area contributed by atoms with E-state index in [0.717, 1.165) is 11.3 Å². The zero-order valence-corrected chi connectivity index (χ0v) is 13.6. The van der Waals surface area contributed by atoms with Gasteiger partial charge in [-0.15, -0.1) is 0 Å². The minimum Gasteiger partial charge on any atom is -0.497 e. The Hall–Kier alpha value is -3.00. The highest BCUT2D eigenvalue weighted by Gasteiger charge is 2.12. The number of rotatable bonds is 5. The highest BCUT2D eigenvalue weighted by molar-refractivity contribution is 6.09. The fraction of sp³-hybridized carbons (Fsp3) is 0.222. The highest BCUT2D eigenvalue weighted by Crippen LogP contribution is 2.25. The molecule has 118 valence electrons. The number of ether oxygens (including phenoxy) is 2. The average molecular weight is 310 g/mol. The van der Waals surface area contributed by atoms with Crippen LogP contribution in [0, 0.1) is 18.3 Å². The smallest absolute Gasteiger partial charge is 0.189 e. The summed E-state index contributed by atoms with van der Waals surface area (Å²) < 4.78 is 12.2. The maximum atomic E-state index is 12.4. The van der Waals surface area contributed by atoms with Crippen LogP contribution in [0.2, 0.25) is 0 Å². The molecule has 0 aliphatic heterocycles. The summed E-state index contributed by atoms with van der Waals surface area (Å²) in [6.45, 7) is 1.90. The lowest BCUT2D eigenvalue weighted by Crippen LogP contribution is -2.00. The molecule has 0 aliphatic rings. The maximum Gasteiger partial charge on any atom is 0.189 e. The summed E-state index contributed by atoms with van der Waals surface area (Å²) in [5.74, 6) is 0.885. The van der Waals surface area contributed by atoms with E-state index in [4.69, 9.17) is 14.7 Å². The van der Waals surface area contributed by atoms with E-state index in [9.17, 15) is 4.79 Å². The predicted molar refractivity (Wildman–Crippen MR) is 87.8 cm³/mol. The molecule has 0 N–H and O–H groups in total. The van der Waals surface area contributed by atoms with Gasteiger partial charge in [0.15, 0.2) is 5.78 Å². The predicted octanol–water partition coefficient (Wildman–Crippen LogP) is 3.12. The van der Waals surface area contributed by atoms with Gasteiger partial charge in [0.1, 0.15) is 23.3 Å². The molecule has 0 saturated heterocycles. The van der Waals surface area contributed by atoms with Crippen molar-refractivity contribution in [3.8, 4) is 17.6 Å². The van der Waals surface area contributed by atoms with Gasteiger partial charge in [0, 0.05) is 12.7 Å². The SMILES string of the molecule is COc1ccc(OC)c(C(=O)/C=C/c2cc(C#N)n(C)c2C)c1. The normalized spacial score (nSPS) is 10.6. The van der Waals surface area contributed by atoms with Crippen LogP contribution in [0.15, 0.2) is 30.3 Å². The Kier molecular flexibility index (Phi) is 4.87. The van der Waals surface area contributed by atoms with Crippen LogP contribution in [0.4, 0.5) is 0 Å². The van der Waals surface area contributed by atoms with Gasteiger partial charge in [-0.3, -0.25) is 4.79 Å². The van der Waals surface area contributed by atoms with Crippen molar-refractivity contribution < 1.29 is 14.3 Å². The molecule has 0 fully saturated rings. The molecule has 2 aromatic rings. The first-order chi connectivity index (χ1) is 11.0. The number of carbonyl (C=O) groups excluding carboxylic acids is 1. The van der Waals surface area contributed by atoms with Gasteiger partial charge in [0.2, 0.25) is 0 Å². The number of ketones is 1. The molecule has 0 atom stereocenters. The molecule has 0 saturated carbocycles. The van der Waals surface area contributed by atoms with Crippen LogP contribution in [-0.2, 0) is 7.05 Å². The van der Waals surface area contributed by atoms with Gasteiger partial charge in [-0.2, -0.15) is 5.26 Å². The quantitative estimate of drug-likeness (QED) is 0.629. The van der Waals surface area contributed by atoms with Gasteiger partial charge in [-0.1, -0.05) is 0 Å². The molecule has 5 nitrogen and oxygen atoms in total. The Labute approximate surface area is 135 Å². The van der Waals surface area contributed by atoms with Crippen LogP contribution < -0.4 is 9.47 Å². The van der Waals surface area contributed by atoms with E-state index in [1.165, 1.54) is 13.2 Å². The summed E-state index contributed by atoms with van der Waals surface area (Å²) in [5.41, 5.74) is 2.73. The van der Waals surface area contributed by atoms with E-state index < -0.39 is 0 Å². The number of allylic oxidation sites excluding steroid dienone is 1. The van der Waals surface area contributed by atoms with Gasteiger partial charge in [0.25, 0.3) is 0 Å². The van der Waals surface area contributed by atoms with Crippen molar-refractivity contribution in [2.24, 2.45) is 7.05 Å². The van der Waals surface area contributed by atoms with Crippen LogP contribution in [0.3, 0.4) is 0 Å². The maximum absolute atomic E-state index is 12.4. The van der Waals surface area contributed by atoms with Crippen molar-refractivity contribution in [3.63, 3.8) is 0 Å². The molecule has 1 aromatic carbocycles. The van der Waals surface area contributed by atoms with Gasteiger partial charge in [0.05, 0.1) is 19.8 Å². The van der Waals surface area contributed by atoms with Gasteiger partial charge in [-0.05, 0) is 48.9 Å². The summed E-state index contributed by atoms with van der Waals surface area (Å²) in [6.07, 6.45) is 3.18. The standard InChI is InChI=1S/C18H18N2O3/c1-12-13(9-14(11-19)20(12)2)5-7-17(21)16-10-15(22-3)6-8-18(16)23-4/h5-10H,1-4H3/b7-5+. The molecule has 2 rings (SSSR count). The average Bonchev–Trinajstić information content (AvgIpc) is 2.86. The van der Waals surface area contributed by atoms with Crippen molar-refractivity contribution in [2.75, 3.05) is 14.2 Å². The van der Waals surface area contributed by atoms with E-state index in [-0.39, 0.29) is 5.78 Å². The molecule has 1 heterocycles. The first-order valence-electron chi connectivity index (χ1n) is 7.02. The first-order valence-corrected chi connectivity index (χ1v) is 7.02. The summed E-state index contributed by atoms with van der Waals surface area (Å²) in [6, 6.07) is 8.94. The second kappa shape index (κ2) is 6.84. The second-order valence-corrected chi connectivity index (χ2v) is 5.00. The van der Waals surface area contributed by atoms with Gasteiger partial charge in [-0.25, -0.2) is 0 Å². The van der Waals surface area contributed by atoms with Crippen LogP contribution >= 0.6 is 0 Å². The summed E-state index contributed by atoms with van der Waals surface area (Å²) in [4.78, 5) is 12.4. The Morgan fingerprint density at radius 2 is 2.00 bits per heavy atom. The molecule has 0 aliphatic carbocycles. The molecular weight excluding hydrogens is 292 g/mol. The van der Waals surface area contributed by atoms with Crippen LogP contribution in [0.1, 0.15) is 27.3 Å². The summed E-state index contributed by atoms with van der Waals surface area (Å²) in [7, 11) is 4.88. The number of nitriles is 1. The zero-order chi connectivity index (χ0) is 17.0. The number of hydrogen-bond acceptors (Lipinski definition) is 4. The minimum absolute atomic E-state index is 0.192. The lowest BCUT2D eigenvalue weighted by atomic mass is 10.1. The Morgan fingerprint density at radius 3 is 2.57 bits per heavy atom. The third kappa shape index (κ3) is 3.27. The molecule has 5 heteroatoms. The zero-order valence-electron chi connectivity index (χ0n) is 13.6. The molecule has 0 bridgehead atoms.